The van der Waals surface area contributed by atoms with Gasteiger partial charge < -0.3 is 10.2 Å². The van der Waals surface area contributed by atoms with Gasteiger partial charge in [0.1, 0.15) is 5.37 Å². The van der Waals surface area contributed by atoms with Crippen LogP contribution in [-0.4, -0.2) is 22.5 Å². The number of halogens is 1. The zero-order valence-electron chi connectivity index (χ0n) is 19.3. The fourth-order valence-corrected chi connectivity index (χ4v) is 6.19. The lowest BCUT2D eigenvalue weighted by atomic mass is 10.1. The Morgan fingerprint density at radius 2 is 1.61 bits per heavy atom. The summed E-state index contributed by atoms with van der Waals surface area (Å²) in [7, 11) is 0. The van der Waals surface area contributed by atoms with E-state index in [-0.39, 0.29) is 17.2 Å². The monoisotopic (exact) mass is 530 g/mol. The first-order chi connectivity index (χ1) is 17.6. The Morgan fingerprint density at radius 1 is 0.917 bits per heavy atom. The van der Waals surface area contributed by atoms with Crippen molar-refractivity contribution >= 4 is 52.6 Å². The number of amides is 2. The highest BCUT2D eigenvalue weighted by Crippen LogP contribution is 2.40. The van der Waals surface area contributed by atoms with Crippen LogP contribution in [0.15, 0.2) is 113 Å². The van der Waals surface area contributed by atoms with Crippen LogP contribution < -0.4 is 5.32 Å². The van der Waals surface area contributed by atoms with Crippen LogP contribution in [-0.2, 0) is 11.3 Å². The number of carbonyl (C=O) groups is 2. The van der Waals surface area contributed by atoms with Crippen LogP contribution in [0.5, 0.6) is 0 Å². The van der Waals surface area contributed by atoms with Gasteiger partial charge in [-0.2, -0.15) is 0 Å². The second-order valence-electron chi connectivity index (χ2n) is 8.30. The van der Waals surface area contributed by atoms with Gasteiger partial charge in [-0.3, -0.25) is 9.59 Å². The van der Waals surface area contributed by atoms with Gasteiger partial charge in [-0.25, -0.2) is 0 Å². The molecule has 180 valence electrons. The average Bonchev–Trinajstić information content (AvgIpc) is 3.27. The van der Waals surface area contributed by atoms with E-state index in [4.69, 9.17) is 11.6 Å². The summed E-state index contributed by atoms with van der Waals surface area (Å²) >= 11 is 9.21. The molecule has 0 unspecified atom stereocenters. The van der Waals surface area contributed by atoms with Crippen molar-refractivity contribution in [2.75, 3.05) is 11.1 Å². The first-order valence-electron chi connectivity index (χ1n) is 11.5. The molecule has 1 saturated heterocycles. The number of thioether (sulfide) groups is 1. The lowest BCUT2D eigenvalue weighted by molar-refractivity contribution is -0.128. The van der Waals surface area contributed by atoms with Crippen molar-refractivity contribution in [2.45, 2.75) is 21.7 Å². The van der Waals surface area contributed by atoms with Crippen LogP contribution in [0.25, 0.3) is 0 Å². The maximum atomic E-state index is 13.0. The molecule has 0 spiro atoms. The SMILES string of the molecule is O=C(Nc1ccccc1Sc1ccccc1)c1ccc([C@@H]2SCC(=O)N2Cc2ccc(Cl)cc2)cc1. The molecule has 0 aliphatic carbocycles. The second-order valence-corrected chi connectivity index (χ2v) is 10.9. The van der Waals surface area contributed by atoms with E-state index in [0.717, 1.165) is 26.6 Å². The van der Waals surface area contributed by atoms with E-state index in [2.05, 4.69) is 5.32 Å². The third kappa shape index (κ3) is 5.78. The Labute approximate surface area is 224 Å². The Hall–Kier alpha value is -3.19. The highest BCUT2D eigenvalue weighted by molar-refractivity contribution is 8.00. The minimum atomic E-state index is -0.171. The van der Waals surface area contributed by atoms with Crippen LogP contribution >= 0.6 is 35.1 Å². The molecule has 36 heavy (non-hydrogen) atoms. The predicted octanol–water partition coefficient (Wildman–Crippen LogP) is 7.52. The van der Waals surface area contributed by atoms with E-state index in [1.807, 2.05) is 108 Å². The van der Waals surface area contributed by atoms with Gasteiger partial charge >= 0.3 is 0 Å². The Bertz CT molecular complexity index is 1360. The van der Waals surface area contributed by atoms with E-state index < -0.39 is 0 Å². The van der Waals surface area contributed by atoms with E-state index in [1.54, 1.807) is 23.5 Å². The summed E-state index contributed by atoms with van der Waals surface area (Å²) in [4.78, 5) is 29.6. The number of anilines is 1. The maximum absolute atomic E-state index is 13.0. The molecule has 4 aromatic rings. The van der Waals surface area contributed by atoms with Crippen molar-refractivity contribution in [1.29, 1.82) is 0 Å². The quantitative estimate of drug-likeness (QED) is 0.268. The summed E-state index contributed by atoms with van der Waals surface area (Å²) in [6.45, 7) is 0.520. The van der Waals surface area contributed by atoms with Crippen molar-refractivity contribution in [3.05, 3.63) is 125 Å². The number of hydrogen-bond donors (Lipinski definition) is 1. The number of rotatable bonds is 7. The van der Waals surface area contributed by atoms with E-state index in [1.165, 1.54) is 0 Å². The van der Waals surface area contributed by atoms with Crippen LogP contribution in [0.2, 0.25) is 5.02 Å². The lowest BCUT2D eigenvalue weighted by Gasteiger charge is -2.24. The van der Waals surface area contributed by atoms with Crippen LogP contribution in [0.4, 0.5) is 5.69 Å². The molecule has 7 heteroatoms. The molecule has 1 N–H and O–H groups in total. The Morgan fingerprint density at radius 3 is 2.36 bits per heavy atom. The molecule has 1 heterocycles. The summed E-state index contributed by atoms with van der Waals surface area (Å²) in [5.74, 6) is 0.376. The fraction of sp³-hybridized carbons (Fsp3) is 0.103. The summed E-state index contributed by atoms with van der Waals surface area (Å²) in [5, 5.41) is 3.63. The van der Waals surface area contributed by atoms with Crippen LogP contribution in [0, 0.1) is 0 Å². The largest absolute Gasteiger partial charge is 0.322 e. The van der Waals surface area contributed by atoms with Gasteiger partial charge in [-0.1, -0.05) is 78.0 Å². The molecule has 0 bridgehead atoms. The predicted molar refractivity (Wildman–Crippen MR) is 149 cm³/mol. The molecule has 0 saturated carbocycles. The zero-order valence-corrected chi connectivity index (χ0v) is 21.7. The van der Waals surface area contributed by atoms with Gasteiger partial charge in [0, 0.05) is 26.9 Å². The smallest absolute Gasteiger partial charge is 0.255 e. The topological polar surface area (TPSA) is 49.4 Å². The highest BCUT2D eigenvalue weighted by atomic mass is 35.5. The van der Waals surface area contributed by atoms with E-state index in [9.17, 15) is 9.59 Å². The molecule has 0 radical (unpaired) electrons. The van der Waals surface area contributed by atoms with Gasteiger partial charge in [-0.15, -0.1) is 11.8 Å². The number of hydrogen-bond acceptors (Lipinski definition) is 4. The number of para-hydroxylation sites is 1. The first-order valence-corrected chi connectivity index (χ1v) is 13.7. The number of nitrogens with zero attached hydrogens (tertiary/aromatic N) is 1. The minimum Gasteiger partial charge on any atom is -0.322 e. The average molecular weight is 531 g/mol. The summed E-state index contributed by atoms with van der Waals surface area (Å²) < 4.78 is 0. The second kappa shape index (κ2) is 11.2. The Kier molecular flexibility index (Phi) is 7.66. The van der Waals surface area contributed by atoms with Gasteiger partial charge in [0.2, 0.25) is 5.91 Å². The molecule has 4 nitrogen and oxygen atoms in total. The van der Waals surface area contributed by atoms with E-state index in [0.29, 0.717) is 22.9 Å². The first kappa shape index (κ1) is 24.5. The van der Waals surface area contributed by atoms with Crippen molar-refractivity contribution in [1.82, 2.24) is 4.90 Å². The van der Waals surface area contributed by atoms with Crippen LogP contribution in [0.1, 0.15) is 26.9 Å². The van der Waals surface area contributed by atoms with Crippen molar-refractivity contribution in [3.63, 3.8) is 0 Å². The molecule has 2 amide bonds. The molecule has 4 aromatic carbocycles. The fourth-order valence-electron chi connectivity index (χ4n) is 3.96. The Balaban J connectivity index is 1.28. The van der Waals surface area contributed by atoms with E-state index >= 15 is 0 Å². The summed E-state index contributed by atoms with van der Waals surface area (Å²) in [5.41, 5.74) is 3.36. The molecule has 1 atom stereocenters. The van der Waals surface area contributed by atoms with Gasteiger partial charge in [0.05, 0.1) is 11.4 Å². The third-order valence-electron chi connectivity index (χ3n) is 5.80. The molecule has 1 fully saturated rings. The maximum Gasteiger partial charge on any atom is 0.255 e. The van der Waals surface area contributed by atoms with Gasteiger partial charge in [0.15, 0.2) is 0 Å². The van der Waals surface area contributed by atoms with Crippen molar-refractivity contribution < 1.29 is 9.59 Å². The molecule has 5 rings (SSSR count). The third-order valence-corrected chi connectivity index (χ3v) is 8.39. The number of carbonyl (C=O) groups excluding carboxylic acids is 2. The molecule has 1 aliphatic heterocycles. The minimum absolute atomic E-state index is 0.0895. The van der Waals surface area contributed by atoms with Crippen molar-refractivity contribution in [2.24, 2.45) is 0 Å². The molecule has 1 aliphatic rings. The standard InChI is InChI=1S/C29H23ClN2O2S2/c30-23-16-10-20(11-17-23)18-32-27(33)19-35-29(32)22-14-12-21(13-15-22)28(34)31-25-8-4-5-9-26(25)36-24-6-2-1-3-7-24/h1-17,29H,18-19H2,(H,31,34)/t29-/m0/s1. The van der Waals surface area contributed by atoms with Gasteiger partial charge in [0.25, 0.3) is 5.91 Å². The summed E-state index contributed by atoms with van der Waals surface area (Å²) in [6, 6.07) is 32.9. The lowest BCUT2D eigenvalue weighted by Crippen LogP contribution is -2.27. The van der Waals surface area contributed by atoms with Crippen LogP contribution in [0.3, 0.4) is 0 Å². The zero-order chi connectivity index (χ0) is 24.9. The molecular weight excluding hydrogens is 508 g/mol. The highest BCUT2D eigenvalue weighted by Gasteiger charge is 2.32. The van der Waals surface area contributed by atoms with Gasteiger partial charge in [-0.05, 0) is 59.7 Å². The number of benzene rings is 4. The summed E-state index contributed by atoms with van der Waals surface area (Å²) in [6.07, 6.45) is 0. The normalized spacial score (nSPS) is 15.2. The molecule has 0 aromatic heterocycles. The van der Waals surface area contributed by atoms with Crippen molar-refractivity contribution in [3.8, 4) is 0 Å². The molecular formula is C29H23ClN2O2S2. The number of nitrogens with one attached hydrogen (secondary N) is 1.